The van der Waals surface area contributed by atoms with Crippen molar-refractivity contribution >= 4 is 5.78 Å². The van der Waals surface area contributed by atoms with Crippen LogP contribution in [-0.2, 0) is 14.3 Å². The Morgan fingerprint density at radius 1 is 1.00 bits per heavy atom. The van der Waals surface area contributed by atoms with Crippen molar-refractivity contribution in [1.29, 1.82) is 0 Å². The van der Waals surface area contributed by atoms with Gasteiger partial charge in [0.2, 0.25) is 0 Å². The number of ketones is 1. The molecular formula is C33H56O10. The van der Waals surface area contributed by atoms with E-state index >= 15 is 0 Å². The molecule has 4 saturated carbocycles. The Balaban J connectivity index is 1.31. The second-order valence-corrected chi connectivity index (χ2v) is 15.9. The molecule has 248 valence electrons. The fourth-order valence-electron chi connectivity index (χ4n) is 10.4. The largest absolute Gasteiger partial charge is 0.394 e. The van der Waals surface area contributed by atoms with Crippen LogP contribution in [0.3, 0.4) is 0 Å². The zero-order valence-corrected chi connectivity index (χ0v) is 26.6. The van der Waals surface area contributed by atoms with Gasteiger partial charge in [-0.3, -0.25) is 4.79 Å². The molecule has 1 saturated heterocycles. The molecule has 43 heavy (non-hydrogen) atoms. The van der Waals surface area contributed by atoms with Crippen LogP contribution >= 0.6 is 0 Å². The van der Waals surface area contributed by atoms with Gasteiger partial charge in [0.15, 0.2) is 6.29 Å². The van der Waals surface area contributed by atoms with Crippen LogP contribution in [0.5, 0.6) is 0 Å². The van der Waals surface area contributed by atoms with E-state index in [-0.39, 0.29) is 41.3 Å². The Bertz CT molecular complexity index is 1020. The number of rotatable bonds is 8. The van der Waals surface area contributed by atoms with E-state index in [4.69, 9.17) is 9.47 Å². The van der Waals surface area contributed by atoms with Gasteiger partial charge in [0, 0.05) is 17.8 Å². The molecule has 0 aromatic rings. The van der Waals surface area contributed by atoms with Gasteiger partial charge >= 0.3 is 0 Å². The number of hydrogen-bond donors (Lipinski definition) is 7. The average Bonchev–Trinajstić information content (AvgIpc) is 3.24. The van der Waals surface area contributed by atoms with Gasteiger partial charge in [-0.2, -0.15) is 0 Å². The standard InChI is InChI=1S/C33H56O10/c1-17(2)6-7-25(36)32(5,40)24-10-13-33(41)20-15-22(35)21-14-18(8-11-30(21,3)19(20)9-12-31(24,33)4)42-29-28(39)27(38)26(37)23(16-34)43-29/h17-21,23-29,34,36-41H,6-16H2,1-5H3. The van der Waals surface area contributed by atoms with E-state index < -0.39 is 66.1 Å². The number of carbonyl (C=O) groups is 1. The SMILES string of the molecule is CC(C)CCC(O)C(C)(O)C1CCC2(O)C3CC(=O)C4CC(OC5OC(CO)C(O)C(O)C5O)CCC4(C)C3CCC12C. The van der Waals surface area contributed by atoms with Crippen molar-refractivity contribution in [2.24, 2.45) is 40.4 Å². The number of hydrogen-bond acceptors (Lipinski definition) is 10. The summed E-state index contributed by atoms with van der Waals surface area (Å²) in [5.41, 5.74) is -3.42. The molecule has 5 aliphatic rings. The zero-order valence-electron chi connectivity index (χ0n) is 26.6. The fourth-order valence-corrected chi connectivity index (χ4v) is 10.4. The molecule has 0 radical (unpaired) electrons. The van der Waals surface area contributed by atoms with Crippen molar-refractivity contribution in [2.45, 2.75) is 153 Å². The number of fused-ring (bicyclic) bond motifs is 5. The summed E-state index contributed by atoms with van der Waals surface area (Å²) < 4.78 is 11.7. The molecule has 15 atom stereocenters. The number of aliphatic hydroxyl groups is 7. The molecule has 7 N–H and O–H groups in total. The highest BCUT2D eigenvalue weighted by Gasteiger charge is 2.71. The molecule has 0 aromatic heterocycles. The summed E-state index contributed by atoms with van der Waals surface area (Å²) in [5.74, 6) is -0.167. The first kappa shape index (κ1) is 33.7. The van der Waals surface area contributed by atoms with Gasteiger partial charge < -0.3 is 45.2 Å². The van der Waals surface area contributed by atoms with E-state index in [0.717, 1.165) is 12.8 Å². The van der Waals surface area contributed by atoms with Gasteiger partial charge in [-0.05, 0) is 93.8 Å². The predicted molar refractivity (Wildman–Crippen MR) is 156 cm³/mol. The molecule has 1 aliphatic heterocycles. The van der Waals surface area contributed by atoms with Gasteiger partial charge in [-0.1, -0.05) is 27.7 Å². The van der Waals surface area contributed by atoms with Gasteiger partial charge in [-0.15, -0.1) is 0 Å². The Labute approximate surface area is 255 Å². The minimum atomic E-state index is -1.52. The highest BCUT2D eigenvalue weighted by atomic mass is 16.7. The van der Waals surface area contributed by atoms with Crippen molar-refractivity contribution in [3.8, 4) is 0 Å². The van der Waals surface area contributed by atoms with E-state index in [1.807, 2.05) is 0 Å². The number of ether oxygens (including phenoxy) is 2. The zero-order chi connectivity index (χ0) is 31.7. The second-order valence-electron chi connectivity index (χ2n) is 15.9. The quantitative estimate of drug-likeness (QED) is 0.200. The summed E-state index contributed by atoms with van der Waals surface area (Å²) in [6.07, 6.45) is -2.10. The Morgan fingerprint density at radius 2 is 1.70 bits per heavy atom. The minimum Gasteiger partial charge on any atom is -0.394 e. The smallest absolute Gasteiger partial charge is 0.186 e. The van der Waals surface area contributed by atoms with Crippen LogP contribution < -0.4 is 0 Å². The van der Waals surface area contributed by atoms with Crippen molar-refractivity contribution in [1.82, 2.24) is 0 Å². The summed E-state index contributed by atoms with van der Waals surface area (Å²) in [6.45, 7) is 9.62. The minimum absolute atomic E-state index is 0.0932. The van der Waals surface area contributed by atoms with E-state index in [1.54, 1.807) is 6.92 Å². The second kappa shape index (κ2) is 11.8. The van der Waals surface area contributed by atoms with Gasteiger partial charge in [-0.25, -0.2) is 0 Å². The van der Waals surface area contributed by atoms with E-state index in [1.165, 1.54) is 0 Å². The maximum absolute atomic E-state index is 13.9. The van der Waals surface area contributed by atoms with Crippen molar-refractivity contribution in [2.75, 3.05) is 6.61 Å². The highest BCUT2D eigenvalue weighted by molar-refractivity contribution is 5.83. The van der Waals surface area contributed by atoms with E-state index in [9.17, 15) is 40.5 Å². The first-order chi connectivity index (χ1) is 20.0. The average molecular weight is 613 g/mol. The number of Topliss-reactive ketones (excluding diaryl/α,β-unsaturated/α-hetero) is 1. The fraction of sp³-hybridized carbons (Fsp3) is 0.970. The molecule has 10 heteroatoms. The normalized spacial score (nSPS) is 50.5. The lowest BCUT2D eigenvalue weighted by molar-refractivity contribution is -0.316. The molecule has 15 unspecified atom stereocenters. The molecule has 0 aromatic carbocycles. The number of aliphatic hydroxyl groups excluding tert-OH is 5. The lowest BCUT2D eigenvalue weighted by Gasteiger charge is -2.63. The van der Waals surface area contributed by atoms with Gasteiger partial charge in [0.25, 0.3) is 0 Å². The van der Waals surface area contributed by atoms with Crippen LogP contribution in [0, 0.1) is 40.4 Å². The Morgan fingerprint density at radius 3 is 2.35 bits per heavy atom. The van der Waals surface area contributed by atoms with Crippen molar-refractivity contribution in [3.05, 3.63) is 0 Å². The Hall–Kier alpha value is -0.690. The monoisotopic (exact) mass is 612 g/mol. The third kappa shape index (κ3) is 5.34. The van der Waals surface area contributed by atoms with Crippen molar-refractivity contribution < 1.29 is 50.0 Å². The molecule has 5 rings (SSSR count). The molecule has 0 spiro atoms. The highest BCUT2D eigenvalue weighted by Crippen LogP contribution is 2.70. The summed E-state index contributed by atoms with van der Waals surface area (Å²) in [7, 11) is 0. The first-order valence-corrected chi connectivity index (χ1v) is 16.6. The molecule has 5 fully saturated rings. The molecule has 1 heterocycles. The molecule has 4 aliphatic carbocycles. The molecule has 0 bridgehead atoms. The van der Waals surface area contributed by atoms with Gasteiger partial charge in [0.1, 0.15) is 30.2 Å². The van der Waals surface area contributed by atoms with E-state index in [2.05, 4.69) is 27.7 Å². The Kier molecular flexibility index (Phi) is 9.27. The summed E-state index contributed by atoms with van der Waals surface area (Å²) >= 11 is 0. The molecular weight excluding hydrogens is 556 g/mol. The maximum atomic E-state index is 13.9. The predicted octanol–water partition coefficient (Wildman–Crippen LogP) is 1.67. The lowest BCUT2D eigenvalue weighted by atomic mass is 9.42. The van der Waals surface area contributed by atoms with Crippen LogP contribution in [-0.4, -0.2) is 102 Å². The third-order valence-electron chi connectivity index (χ3n) is 13.2. The van der Waals surface area contributed by atoms with Crippen LogP contribution in [0.1, 0.15) is 98.8 Å². The van der Waals surface area contributed by atoms with Crippen molar-refractivity contribution in [3.63, 3.8) is 0 Å². The van der Waals surface area contributed by atoms with Gasteiger partial charge in [0.05, 0.1) is 30.0 Å². The van der Waals surface area contributed by atoms with Crippen LogP contribution in [0.4, 0.5) is 0 Å². The molecule has 10 nitrogen and oxygen atoms in total. The third-order valence-corrected chi connectivity index (χ3v) is 13.2. The topological polar surface area (TPSA) is 177 Å². The van der Waals surface area contributed by atoms with E-state index in [0.29, 0.717) is 50.9 Å². The molecule has 0 amide bonds. The van der Waals surface area contributed by atoms with Crippen LogP contribution in [0.2, 0.25) is 0 Å². The number of carbonyl (C=O) groups excluding carboxylic acids is 1. The first-order valence-electron chi connectivity index (χ1n) is 16.6. The summed E-state index contributed by atoms with van der Waals surface area (Å²) in [4.78, 5) is 13.9. The summed E-state index contributed by atoms with van der Waals surface area (Å²) in [6, 6.07) is 0. The van der Waals surface area contributed by atoms with Crippen LogP contribution in [0.15, 0.2) is 0 Å². The summed E-state index contributed by atoms with van der Waals surface area (Å²) in [5, 5.41) is 75.7. The maximum Gasteiger partial charge on any atom is 0.186 e. The van der Waals surface area contributed by atoms with Crippen LogP contribution in [0.25, 0.3) is 0 Å². The lowest BCUT2D eigenvalue weighted by Crippen LogP contribution is -2.66.